The minimum absolute atomic E-state index is 0.162. The number of ether oxygens (including phenoxy) is 4. The number of esters is 2. The van der Waals surface area contributed by atoms with Gasteiger partial charge >= 0.3 is 17.9 Å². The van der Waals surface area contributed by atoms with Gasteiger partial charge in [-0.05, 0) is 122 Å². The predicted octanol–water partition coefficient (Wildman–Crippen LogP) is 16.8. The molecule has 0 bridgehead atoms. The molecule has 1 N–H and O–H groups in total. The number of carbonyl (C=O) groups excluding carboxylic acids is 2. The smallest absolute Gasteiger partial charge is 0.361 e. The quantitative estimate of drug-likeness (QED) is 0.0211. The summed E-state index contributed by atoms with van der Waals surface area (Å²) in [5.41, 5.74) is 0. The Hall–Kier alpha value is -5.35. The van der Waals surface area contributed by atoms with E-state index in [1.807, 2.05) is 21.1 Å². The largest absolute Gasteiger partial charge is 0.477 e. The van der Waals surface area contributed by atoms with Crippen LogP contribution in [-0.4, -0.2) is 87.4 Å². The van der Waals surface area contributed by atoms with Crippen molar-refractivity contribution in [3.63, 3.8) is 0 Å². The molecule has 0 aromatic rings. The molecule has 0 saturated heterocycles. The van der Waals surface area contributed by atoms with Crippen molar-refractivity contribution < 1.29 is 42.9 Å². The van der Waals surface area contributed by atoms with Gasteiger partial charge in [-0.25, -0.2) is 4.79 Å². The Balaban J connectivity index is 4.48. The second-order valence-electron chi connectivity index (χ2n) is 19.1. The van der Waals surface area contributed by atoms with Crippen molar-refractivity contribution in [3.8, 4) is 0 Å². The molecule has 0 amide bonds. The summed E-state index contributed by atoms with van der Waals surface area (Å²) in [4.78, 5) is 37.4. The van der Waals surface area contributed by atoms with Crippen LogP contribution in [0.3, 0.4) is 0 Å². The Kier molecular flexibility index (Phi) is 51.0. The van der Waals surface area contributed by atoms with E-state index in [-0.39, 0.29) is 38.6 Å². The zero-order valence-electron chi connectivity index (χ0n) is 47.4. The highest BCUT2D eigenvalue weighted by atomic mass is 16.7. The summed E-state index contributed by atoms with van der Waals surface area (Å²) in [6, 6.07) is 0. The van der Waals surface area contributed by atoms with Gasteiger partial charge in [0, 0.05) is 12.8 Å². The SMILES string of the molecule is CC/C=C\C/C=C\C/C=C\C/C=C\C/C=C\C/C=C\C/C=C\C/C=C\C/C=C\CCCC(=O)OC(COC(=O)CCCCCCC/C=C\C/C=C\C/C=C\C/C=C\C/C=C\CC)COC(OCC[N+](C)(C)C)C(=O)O. The van der Waals surface area contributed by atoms with Crippen LogP contribution in [0.1, 0.15) is 168 Å². The maximum Gasteiger partial charge on any atom is 0.361 e. The van der Waals surface area contributed by atoms with Gasteiger partial charge in [-0.2, -0.15) is 0 Å². The normalized spacial score (nSPS) is 14.1. The number of quaternary nitrogens is 1. The first-order chi connectivity index (χ1) is 36.6. The van der Waals surface area contributed by atoms with Crippen molar-refractivity contribution in [2.24, 2.45) is 0 Å². The molecule has 0 heterocycles. The lowest BCUT2D eigenvalue weighted by Gasteiger charge is -2.25. The Bertz CT molecular complexity index is 1830. The van der Waals surface area contributed by atoms with E-state index in [0.717, 1.165) is 122 Å². The summed E-state index contributed by atoms with van der Waals surface area (Å²) in [5.74, 6) is -2.14. The summed E-state index contributed by atoms with van der Waals surface area (Å²) in [6.45, 7) is 4.52. The number of aliphatic carboxylic acids is 1. The zero-order chi connectivity index (χ0) is 54.8. The van der Waals surface area contributed by atoms with Crippen molar-refractivity contribution in [1.29, 1.82) is 0 Å². The second kappa shape index (κ2) is 54.9. The van der Waals surface area contributed by atoms with Gasteiger partial charge in [0.25, 0.3) is 6.29 Å². The van der Waals surface area contributed by atoms with E-state index in [4.69, 9.17) is 18.9 Å². The lowest BCUT2D eigenvalue weighted by Crippen LogP contribution is -2.40. The van der Waals surface area contributed by atoms with Gasteiger partial charge in [0.1, 0.15) is 13.2 Å². The maximum atomic E-state index is 12.8. The lowest BCUT2D eigenvalue weighted by atomic mass is 10.1. The second-order valence-corrected chi connectivity index (χ2v) is 19.1. The summed E-state index contributed by atoms with van der Waals surface area (Å²) < 4.78 is 22.7. The third-order valence-corrected chi connectivity index (χ3v) is 11.0. The molecule has 0 fully saturated rings. The van der Waals surface area contributed by atoms with Crippen molar-refractivity contribution in [2.75, 3.05) is 47.5 Å². The topological polar surface area (TPSA) is 108 Å². The minimum Gasteiger partial charge on any atom is -0.477 e. The number of carboxylic acid groups (broad SMARTS) is 1. The molecular formula is C66H102NO8+. The first-order valence-electron chi connectivity index (χ1n) is 28.3. The maximum absolute atomic E-state index is 12.8. The van der Waals surface area contributed by atoms with Crippen LogP contribution >= 0.6 is 0 Å². The van der Waals surface area contributed by atoms with E-state index in [2.05, 4.69) is 184 Å². The Morgan fingerprint density at radius 1 is 0.400 bits per heavy atom. The Morgan fingerprint density at radius 3 is 1.11 bits per heavy atom. The average Bonchev–Trinajstić information content (AvgIpc) is 3.38. The number of likely N-dealkylation sites (N-methyl/N-ethyl adjacent to an activating group) is 1. The molecule has 0 aromatic heterocycles. The number of unbranched alkanes of at least 4 members (excludes halogenated alkanes) is 6. The van der Waals surface area contributed by atoms with E-state index >= 15 is 0 Å². The molecule has 2 unspecified atom stereocenters. The van der Waals surface area contributed by atoms with Crippen LogP contribution in [0.5, 0.6) is 0 Å². The number of carbonyl (C=O) groups is 3. The first kappa shape index (κ1) is 69.7. The standard InChI is InChI=1S/C66H101NO8/c1-6-8-10-12-14-16-18-20-22-24-26-28-29-30-31-32-33-34-35-37-39-41-43-45-47-49-51-53-55-57-64(69)75-62(61-74-66(65(70)71)72-59-58-67(3,4)5)60-73-63(68)56-54-52-50-48-46-44-42-40-38-36-27-25-23-21-19-17-15-13-11-9-7-2/h8-11,14-17,20-23,26-28,30-31,33-34,36-37,39-40,42-43,45,49,51,62,66H,6-7,12-13,18-19,24-25,29,32,35,38,41,44,46-48,50,52-61H2,1-5H3/p+1/b10-8-,11-9-,16-14-,17-15-,22-20-,23-21-,28-26-,31-30-,34-33-,36-27-,39-37-,42-40-,45-43-,51-49-. The van der Waals surface area contributed by atoms with Crippen LogP contribution < -0.4 is 0 Å². The molecule has 0 aliphatic heterocycles. The Morgan fingerprint density at radius 2 is 0.733 bits per heavy atom. The minimum atomic E-state index is -1.54. The third-order valence-electron chi connectivity index (χ3n) is 11.0. The van der Waals surface area contributed by atoms with Gasteiger partial charge in [0.2, 0.25) is 0 Å². The number of nitrogens with zero attached hydrogens (tertiary/aromatic N) is 1. The van der Waals surface area contributed by atoms with Gasteiger partial charge in [-0.1, -0.05) is 203 Å². The van der Waals surface area contributed by atoms with Crippen LogP contribution in [0.25, 0.3) is 0 Å². The highest BCUT2D eigenvalue weighted by Crippen LogP contribution is 2.11. The number of carboxylic acids is 1. The van der Waals surface area contributed by atoms with Gasteiger partial charge in [0.15, 0.2) is 6.10 Å². The highest BCUT2D eigenvalue weighted by molar-refractivity contribution is 5.71. The summed E-state index contributed by atoms with van der Waals surface area (Å²) >= 11 is 0. The zero-order valence-corrected chi connectivity index (χ0v) is 47.4. The number of rotatable bonds is 49. The molecule has 2 atom stereocenters. The predicted molar refractivity (Wildman–Crippen MR) is 317 cm³/mol. The van der Waals surface area contributed by atoms with Gasteiger partial charge < -0.3 is 28.5 Å². The monoisotopic (exact) mass is 1040 g/mol. The summed E-state index contributed by atoms with van der Waals surface area (Å²) in [6.07, 6.45) is 80.0. The molecule has 0 aliphatic rings. The van der Waals surface area contributed by atoms with E-state index < -0.39 is 24.3 Å². The lowest BCUT2D eigenvalue weighted by molar-refractivity contribution is -0.870. The molecule has 9 nitrogen and oxygen atoms in total. The van der Waals surface area contributed by atoms with Crippen LogP contribution in [0.2, 0.25) is 0 Å². The molecule has 0 spiro atoms. The fourth-order valence-electron chi connectivity index (χ4n) is 6.69. The molecular weight excluding hydrogens is 935 g/mol. The molecule has 0 aliphatic carbocycles. The number of hydrogen-bond acceptors (Lipinski definition) is 7. The van der Waals surface area contributed by atoms with E-state index in [1.54, 1.807) is 0 Å². The average molecular weight is 1040 g/mol. The summed E-state index contributed by atoms with van der Waals surface area (Å²) in [5, 5.41) is 9.70. The molecule has 9 heteroatoms. The molecule has 75 heavy (non-hydrogen) atoms. The third kappa shape index (κ3) is 56.2. The van der Waals surface area contributed by atoms with Gasteiger partial charge in [-0.3, -0.25) is 9.59 Å². The van der Waals surface area contributed by atoms with Crippen molar-refractivity contribution in [1.82, 2.24) is 0 Å². The molecule has 0 rings (SSSR count). The number of hydrogen-bond donors (Lipinski definition) is 1. The van der Waals surface area contributed by atoms with Crippen molar-refractivity contribution in [3.05, 3.63) is 170 Å². The molecule has 0 saturated carbocycles. The van der Waals surface area contributed by atoms with E-state index in [0.29, 0.717) is 30.3 Å². The summed E-state index contributed by atoms with van der Waals surface area (Å²) in [7, 11) is 5.92. The molecule has 418 valence electrons. The van der Waals surface area contributed by atoms with Crippen molar-refractivity contribution in [2.45, 2.75) is 180 Å². The van der Waals surface area contributed by atoms with Gasteiger partial charge in [0.05, 0.1) is 34.4 Å². The van der Waals surface area contributed by atoms with Crippen LogP contribution in [0.15, 0.2) is 170 Å². The highest BCUT2D eigenvalue weighted by Gasteiger charge is 2.25. The molecule has 0 aromatic carbocycles. The van der Waals surface area contributed by atoms with E-state index in [1.165, 1.54) is 0 Å². The van der Waals surface area contributed by atoms with E-state index in [9.17, 15) is 19.5 Å². The Labute approximate surface area is 457 Å². The van der Waals surface area contributed by atoms with Crippen LogP contribution in [-0.2, 0) is 33.3 Å². The number of allylic oxidation sites excluding steroid dienone is 28. The van der Waals surface area contributed by atoms with Crippen LogP contribution in [0, 0.1) is 0 Å². The molecule has 0 radical (unpaired) electrons. The fourth-order valence-corrected chi connectivity index (χ4v) is 6.69. The van der Waals surface area contributed by atoms with Crippen LogP contribution in [0.4, 0.5) is 0 Å². The fraction of sp³-hybridized carbons (Fsp3) is 0.530. The van der Waals surface area contributed by atoms with Crippen molar-refractivity contribution >= 4 is 17.9 Å². The first-order valence-corrected chi connectivity index (χ1v) is 28.3. The van der Waals surface area contributed by atoms with Gasteiger partial charge in [-0.15, -0.1) is 0 Å².